The van der Waals surface area contributed by atoms with Gasteiger partial charge >= 0.3 is 0 Å². The van der Waals surface area contributed by atoms with Crippen LogP contribution in [0.1, 0.15) is 64.5 Å². The summed E-state index contributed by atoms with van der Waals surface area (Å²) in [7, 11) is 0. The Morgan fingerprint density at radius 1 is 0.404 bits per heavy atom. The highest BCUT2D eigenvalue weighted by atomic mass is 14.3. The number of hydrogen-bond donors (Lipinski definition) is 0. The highest BCUT2D eigenvalue weighted by molar-refractivity contribution is 5.87. The van der Waals surface area contributed by atoms with Crippen LogP contribution in [0.15, 0.2) is 194 Å². The maximum absolute atomic E-state index is 2.40. The first kappa shape index (κ1) is 33.4. The monoisotopic (exact) mass is 670 g/mol. The van der Waals surface area contributed by atoms with Gasteiger partial charge in [0.2, 0.25) is 0 Å². The Morgan fingerprint density at radius 3 is 1.67 bits per heavy atom. The Kier molecular flexibility index (Phi) is 10.1. The predicted molar refractivity (Wildman–Crippen MR) is 222 cm³/mol. The molecule has 0 saturated heterocycles. The summed E-state index contributed by atoms with van der Waals surface area (Å²) in [5.41, 5.74) is 11.0. The molecule has 3 atom stereocenters. The first-order valence-electron chi connectivity index (χ1n) is 18.9. The molecule has 0 saturated carbocycles. The molecule has 0 radical (unpaired) electrons. The van der Waals surface area contributed by atoms with Crippen LogP contribution < -0.4 is 0 Å². The van der Waals surface area contributed by atoms with Crippen molar-refractivity contribution >= 4 is 21.5 Å². The van der Waals surface area contributed by atoms with Gasteiger partial charge in [-0.05, 0) is 109 Å². The third kappa shape index (κ3) is 7.48. The Labute approximate surface area is 309 Å². The molecular formula is C52H46. The summed E-state index contributed by atoms with van der Waals surface area (Å²) in [5, 5.41) is 5.36. The molecule has 254 valence electrons. The van der Waals surface area contributed by atoms with Crippen molar-refractivity contribution in [3.05, 3.63) is 228 Å². The second kappa shape index (κ2) is 15.7. The fourth-order valence-corrected chi connectivity index (χ4v) is 8.26. The topological polar surface area (TPSA) is 0 Å². The Balaban J connectivity index is 0.988. The van der Waals surface area contributed by atoms with Crippen molar-refractivity contribution in [2.75, 3.05) is 0 Å². The second-order valence-electron chi connectivity index (χ2n) is 14.5. The molecule has 0 aliphatic carbocycles. The lowest BCUT2D eigenvalue weighted by molar-refractivity contribution is 0.576. The van der Waals surface area contributed by atoms with Crippen molar-refractivity contribution in [1.29, 1.82) is 0 Å². The van der Waals surface area contributed by atoms with E-state index < -0.39 is 0 Å². The van der Waals surface area contributed by atoms with Crippen molar-refractivity contribution in [3.8, 4) is 11.1 Å². The van der Waals surface area contributed by atoms with Crippen LogP contribution >= 0.6 is 0 Å². The van der Waals surface area contributed by atoms with Gasteiger partial charge in [-0.2, -0.15) is 0 Å². The van der Waals surface area contributed by atoms with E-state index in [4.69, 9.17) is 0 Å². The van der Waals surface area contributed by atoms with E-state index in [1.165, 1.54) is 66.1 Å². The molecule has 0 aliphatic rings. The van der Waals surface area contributed by atoms with Crippen LogP contribution in [0.25, 0.3) is 32.7 Å². The quantitative estimate of drug-likeness (QED) is 0.121. The van der Waals surface area contributed by atoms with Gasteiger partial charge in [0.05, 0.1) is 0 Å². The van der Waals surface area contributed by atoms with Crippen molar-refractivity contribution < 1.29 is 0 Å². The van der Waals surface area contributed by atoms with Crippen LogP contribution in [-0.4, -0.2) is 0 Å². The summed E-state index contributed by atoms with van der Waals surface area (Å²) in [6, 6.07) is 71.9. The van der Waals surface area contributed by atoms with Crippen LogP contribution in [-0.2, 0) is 19.3 Å². The van der Waals surface area contributed by atoms with E-state index in [9.17, 15) is 0 Å². The lowest BCUT2D eigenvalue weighted by Gasteiger charge is -2.27. The molecule has 0 heteroatoms. The van der Waals surface area contributed by atoms with Crippen LogP contribution in [0.3, 0.4) is 0 Å². The second-order valence-corrected chi connectivity index (χ2v) is 14.5. The maximum Gasteiger partial charge on any atom is -0.00491 e. The van der Waals surface area contributed by atoms with E-state index in [1.54, 1.807) is 0 Å². The van der Waals surface area contributed by atoms with E-state index in [0.717, 1.165) is 25.7 Å². The van der Waals surface area contributed by atoms with Gasteiger partial charge < -0.3 is 0 Å². The number of fused-ring (bicyclic) bond motifs is 2. The molecule has 0 N–H and O–H groups in total. The molecule has 0 heterocycles. The minimum atomic E-state index is 0.355. The average molecular weight is 671 g/mol. The minimum absolute atomic E-state index is 0.355. The smallest absolute Gasteiger partial charge is 0.00491 e. The van der Waals surface area contributed by atoms with E-state index >= 15 is 0 Å². The van der Waals surface area contributed by atoms with E-state index in [0.29, 0.717) is 17.8 Å². The van der Waals surface area contributed by atoms with Crippen LogP contribution in [0, 0.1) is 0 Å². The number of hydrogen-bond acceptors (Lipinski definition) is 0. The molecule has 0 amide bonds. The van der Waals surface area contributed by atoms with Crippen LogP contribution in [0.5, 0.6) is 0 Å². The normalized spacial score (nSPS) is 13.2. The van der Waals surface area contributed by atoms with Gasteiger partial charge in [0, 0.05) is 0 Å². The van der Waals surface area contributed by atoms with Crippen LogP contribution in [0.2, 0.25) is 0 Å². The molecule has 0 spiro atoms. The molecule has 0 fully saturated rings. The first-order chi connectivity index (χ1) is 25.7. The van der Waals surface area contributed by atoms with Crippen molar-refractivity contribution in [1.82, 2.24) is 0 Å². The molecule has 0 aromatic heterocycles. The standard InChI is InChI=1S/C52H46/c1-38(52(36-40-14-4-2-5-15-40)51-25-13-21-46-19-9-11-24-50(46)51)41-32-34-44(35-33-41)43-29-26-39(27-30-43)28-31-47(42-16-6-3-7-17-42)37-48-22-12-20-45-18-8-10-23-49(45)48/h2-27,29-30,32-35,38,47,52H,28,31,36-37H2,1H3. The Hall–Kier alpha value is -5.72. The lowest BCUT2D eigenvalue weighted by atomic mass is 9.77. The van der Waals surface area contributed by atoms with Crippen LogP contribution in [0.4, 0.5) is 0 Å². The molecule has 0 aliphatic heterocycles. The largest absolute Gasteiger partial charge is 0.0622 e. The summed E-state index contributed by atoms with van der Waals surface area (Å²) in [6.07, 6.45) is 4.21. The first-order valence-corrected chi connectivity index (χ1v) is 18.9. The number of benzene rings is 8. The Morgan fingerprint density at radius 2 is 0.962 bits per heavy atom. The van der Waals surface area contributed by atoms with Gasteiger partial charge in [0.25, 0.3) is 0 Å². The Bertz CT molecular complexity index is 2340. The molecule has 0 bridgehead atoms. The molecule has 0 nitrogen and oxygen atoms in total. The maximum atomic E-state index is 2.40. The lowest BCUT2D eigenvalue weighted by Crippen LogP contribution is -2.12. The zero-order valence-electron chi connectivity index (χ0n) is 30.0. The number of rotatable bonds is 12. The summed E-state index contributed by atoms with van der Waals surface area (Å²) in [4.78, 5) is 0. The predicted octanol–water partition coefficient (Wildman–Crippen LogP) is 13.7. The molecule has 3 unspecified atom stereocenters. The van der Waals surface area contributed by atoms with Crippen molar-refractivity contribution in [3.63, 3.8) is 0 Å². The summed E-state index contributed by atoms with van der Waals surface area (Å²) < 4.78 is 0. The van der Waals surface area contributed by atoms with Crippen molar-refractivity contribution in [2.45, 2.75) is 50.4 Å². The SMILES string of the molecule is CC(c1ccc(-c2ccc(CCC(Cc3cccc4ccccc34)c3ccccc3)cc2)cc1)C(Cc1ccccc1)c1cccc2ccccc12. The van der Waals surface area contributed by atoms with Gasteiger partial charge in [0.15, 0.2) is 0 Å². The third-order valence-corrected chi connectivity index (χ3v) is 11.2. The number of aryl methyl sites for hydroxylation is 1. The molecular weight excluding hydrogens is 625 g/mol. The van der Waals surface area contributed by atoms with E-state index in [1.807, 2.05) is 0 Å². The van der Waals surface area contributed by atoms with Gasteiger partial charge in [-0.1, -0.05) is 201 Å². The summed E-state index contributed by atoms with van der Waals surface area (Å²) in [5.74, 6) is 1.17. The van der Waals surface area contributed by atoms with Gasteiger partial charge in [-0.25, -0.2) is 0 Å². The zero-order valence-corrected chi connectivity index (χ0v) is 30.0. The summed E-state index contributed by atoms with van der Waals surface area (Å²) >= 11 is 0. The zero-order chi connectivity index (χ0) is 35.1. The molecule has 8 aromatic rings. The fourth-order valence-electron chi connectivity index (χ4n) is 8.26. The molecule has 52 heavy (non-hydrogen) atoms. The highest BCUT2D eigenvalue weighted by Crippen LogP contribution is 2.39. The average Bonchev–Trinajstić information content (AvgIpc) is 3.22. The highest BCUT2D eigenvalue weighted by Gasteiger charge is 2.23. The van der Waals surface area contributed by atoms with Gasteiger partial charge in [0.1, 0.15) is 0 Å². The van der Waals surface area contributed by atoms with Gasteiger partial charge in [-0.15, -0.1) is 0 Å². The summed E-state index contributed by atoms with van der Waals surface area (Å²) in [6.45, 7) is 2.40. The van der Waals surface area contributed by atoms with E-state index in [2.05, 4.69) is 201 Å². The molecule has 8 aromatic carbocycles. The third-order valence-electron chi connectivity index (χ3n) is 11.2. The minimum Gasteiger partial charge on any atom is -0.0622 e. The van der Waals surface area contributed by atoms with Crippen molar-refractivity contribution in [2.24, 2.45) is 0 Å². The fraction of sp³-hybridized carbons (Fsp3) is 0.154. The van der Waals surface area contributed by atoms with E-state index in [-0.39, 0.29) is 0 Å². The van der Waals surface area contributed by atoms with Gasteiger partial charge in [-0.3, -0.25) is 0 Å². The molecule has 8 rings (SSSR count).